The summed E-state index contributed by atoms with van der Waals surface area (Å²) < 4.78 is 0. The summed E-state index contributed by atoms with van der Waals surface area (Å²) in [6.45, 7) is 2.08. The molecule has 3 aromatic rings. The number of anilines is 2. The quantitative estimate of drug-likeness (QED) is 0.736. The SMILES string of the molecule is Cc1ccccc1Nc1ncnc2ccccc12. The Morgan fingerprint density at radius 1 is 0.889 bits per heavy atom. The van der Waals surface area contributed by atoms with Crippen molar-refractivity contribution in [1.29, 1.82) is 0 Å². The Kier molecular flexibility index (Phi) is 2.65. The van der Waals surface area contributed by atoms with Crippen molar-refractivity contribution in [3.05, 3.63) is 60.4 Å². The molecule has 0 aliphatic heterocycles. The summed E-state index contributed by atoms with van der Waals surface area (Å²) in [5.74, 6) is 0.843. The van der Waals surface area contributed by atoms with Crippen molar-refractivity contribution in [2.24, 2.45) is 0 Å². The number of aromatic nitrogens is 2. The summed E-state index contributed by atoms with van der Waals surface area (Å²) in [5.41, 5.74) is 3.21. The second-order valence-corrected chi connectivity index (χ2v) is 4.18. The smallest absolute Gasteiger partial charge is 0.141 e. The predicted molar refractivity (Wildman–Crippen MR) is 74.0 cm³/mol. The number of para-hydroxylation sites is 2. The van der Waals surface area contributed by atoms with Crippen LogP contribution >= 0.6 is 0 Å². The van der Waals surface area contributed by atoms with Crippen molar-refractivity contribution < 1.29 is 0 Å². The Balaban J connectivity index is 2.08. The first-order chi connectivity index (χ1) is 8.84. The molecular formula is C15H13N3. The van der Waals surface area contributed by atoms with Gasteiger partial charge in [0.1, 0.15) is 12.1 Å². The molecule has 1 heterocycles. The van der Waals surface area contributed by atoms with Crippen LogP contribution in [0.2, 0.25) is 0 Å². The molecule has 3 heteroatoms. The van der Waals surface area contributed by atoms with Crippen LogP contribution in [-0.2, 0) is 0 Å². The van der Waals surface area contributed by atoms with Crippen LogP contribution < -0.4 is 5.32 Å². The lowest BCUT2D eigenvalue weighted by Gasteiger charge is -2.10. The van der Waals surface area contributed by atoms with E-state index in [0.29, 0.717) is 0 Å². The lowest BCUT2D eigenvalue weighted by atomic mass is 10.2. The molecule has 2 aromatic carbocycles. The highest BCUT2D eigenvalue weighted by Gasteiger charge is 2.04. The number of nitrogens with one attached hydrogen (secondary N) is 1. The van der Waals surface area contributed by atoms with Crippen LogP contribution in [0.15, 0.2) is 54.9 Å². The zero-order valence-electron chi connectivity index (χ0n) is 10.1. The van der Waals surface area contributed by atoms with Gasteiger partial charge in [-0.25, -0.2) is 9.97 Å². The molecule has 3 nitrogen and oxygen atoms in total. The number of benzene rings is 2. The van der Waals surface area contributed by atoms with Crippen LogP contribution in [0.3, 0.4) is 0 Å². The van der Waals surface area contributed by atoms with E-state index in [-0.39, 0.29) is 0 Å². The first-order valence-corrected chi connectivity index (χ1v) is 5.87. The molecule has 1 N–H and O–H groups in total. The van der Waals surface area contributed by atoms with Gasteiger partial charge in [-0.2, -0.15) is 0 Å². The first-order valence-electron chi connectivity index (χ1n) is 5.87. The Hall–Kier alpha value is -2.42. The highest BCUT2D eigenvalue weighted by Crippen LogP contribution is 2.24. The van der Waals surface area contributed by atoms with E-state index in [9.17, 15) is 0 Å². The summed E-state index contributed by atoms with van der Waals surface area (Å²) in [6.07, 6.45) is 1.59. The third-order valence-electron chi connectivity index (χ3n) is 2.94. The highest BCUT2D eigenvalue weighted by molar-refractivity contribution is 5.90. The minimum atomic E-state index is 0.843. The van der Waals surface area contributed by atoms with Crippen LogP contribution in [0.5, 0.6) is 0 Å². The molecule has 0 unspecified atom stereocenters. The molecule has 0 bridgehead atoms. The summed E-state index contributed by atoms with van der Waals surface area (Å²) in [4.78, 5) is 8.58. The molecule has 18 heavy (non-hydrogen) atoms. The van der Waals surface area contributed by atoms with Crippen molar-refractivity contribution >= 4 is 22.4 Å². The van der Waals surface area contributed by atoms with E-state index >= 15 is 0 Å². The Morgan fingerprint density at radius 2 is 1.67 bits per heavy atom. The van der Waals surface area contributed by atoms with E-state index in [1.54, 1.807) is 6.33 Å². The molecule has 0 aliphatic carbocycles. The molecule has 0 saturated heterocycles. The number of hydrogen-bond acceptors (Lipinski definition) is 3. The first kappa shape index (κ1) is 10.7. The zero-order chi connectivity index (χ0) is 12.4. The van der Waals surface area contributed by atoms with Gasteiger partial charge < -0.3 is 5.32 Å². The minimum absolute atomic E-state index is 0.843. The molecule has 0 amide bonds. The standard InChI is InChI=1S/C15H13N3/c1-11-6-2-4-8-13(11)18-15-12-7-3-5-9-14(12)16-10-17-15/h2-10H,1H3,(H,16,17,18). The van der Waals surface area contributed by atoms with E-state index in [1.165, 1.54) is 5.56 Å². The highest BCUT2D eigenvalue weighted by atomic mass is 15.0. The molecule has 0 aliphatic rings. The maximum atomic E-state index is 4.32. The zero-order valence-corrected chi connectivity index (χ0v) is 10.1. The van der Waals surface area contributed by atoms with Crippen molar-refractivity contribution in [1.82, 2.24) is 9.97 Å². The van der Waals surface area contributed by atoms with E-state index < -0.39 is 0 Å². The molecule has 1 aromatic heterocycles. The van der Waals surface area contributed by atoms with Crippen LogP contribution in [0, 0.1) is 6.92 Å². The number of rotatable bonds is 2. The average molecular weight is 235 g/mol. The summed E-state index contributed by atoms with van der Waals surface area (Å²) in [6, 6.07) is 16.1. The largest absolute Gasteiger partial charge is 0.339 e. The third kappa shape index (κ3) is 1.91. The number of hydrogen-bond donors (Lipinski definition) is 1. The lowest BCUT2D eigenvalue weighted by Crippen LogP contribution is -1.97. The normalized spacial score (nSPS) is 10.5. The fourth-order valence-electron chi connectivity index (χ4n) is 1.95. The maximum Gasteiger partial charge on any atom is 0.141 e. The summed E-state index contributed by atoms with van der Waals surface area (Å²) in [7, 11) is 0. The molecule has 3 rings (SSSR count). The van der Waals surface area contributed by atoms with E-state index in [4.69, 9.17) is 0 Å². The lowest BCUT2D eigenvalue weighted by molar-refractivity contribution is 1.21. The third-order valence-corrected chi connectivity index (χ3v) is 2.94. The van der Waals surface area contributed by atoms with Gasteiger partial charge in [0.05, 0.1) is 5.52 Å². The van der Waals surface area contributed by atoms with Crippen molar-refractivity contribution in [3.63, 3.8) is 0 Å². The van der Waals surface area contributed by atoms with Crippen LogP contribution in [0.1, 0.15) is 5.56 Å². The number of fused-ring (bicyclic) bond motifs is 1. The topological polar surface area (TPSA) is 37.8 Å². The molecule has 0 radical (unpaired) electrons. The van der Waals surface area contributed by atoms with Gasteiger partial charge in [-0.15, -0.1) is 0 Å². The van der Waals surface area contributed by atoms with Crippen molar-refractivity contribution in [2.75, 3.05) is 5.32 Å². The van der Waals surface area contributed by atoms with Gasteiger partial charge in [0.2, 0.25) is 0 Å². The molecular weight excluding hydrogens is 222 g/mol. The minimum Gasteiger partial charge on any atom is -0.339 e. The van der Waals surface area contributed by atoms with Crippen molar-refractivity contribution in [2.45, 2.75) is 6.92 Å². The van der Waals surface area contributed by atoms with E-state index in [1.807, 2.05) is 42.5 Å². The van der Waals surface area contributed by atoms with Gasteiger partial charge in [0.15, 0.2) is 0 Å². The summed E-state index contributed by atoms with van der Waals surface area (Å²) >= 11 is 0. The van der Waals surface area contributed by atoms with Gasteiger partial charge in [0, 0.05) is 11.1 Å². The van der Waals surface area contributed by atoms with Crippen molar-refractivity contribution in [3.8, 4) is 0 Å². The average Bonchev–Trinajstić information content (AvgIpc) is 2.42. The molecule has 0 saturated carbocycles. The summed E-state index contributed by atoms with van der Waals surface area (Å²) in [5, 5.41) is 4.39. The Bertz CT molecular complexity index is 687. The molecule has 0 spiro atoms. The van der Waals surface area contributed by atoms with Gasteiger partial charge in [-0.05, 0) is 30.7 Å². The number of aryl methyl sites for hydroxylation is 1. The molecule has 88 valence electrons. The maximum absolute atomic E-state index is 4.32. The van der Waals surface area contributed by atoms with E-state index in [0.717, 1.165) is 22.4 Å². The second-order valence-electron chi connectivity index (χ2n) is 4.18. The Labute approximate surface area is 106 Å². The second kappa shape index (κ2) is 4.45. The van der Waals surface area contributed by atoms with Crippen LogP contribution in [0.4, 0.5) is 11.5 Å². The monoisotopic (exact) mass is 235 g/mol. The van der Waals surface area contributed by atoms with Gasteiger partial charge in [-0.3, -0.25) is 0 Å². The fraction of sp³-hybridized carbons (Fsp3) is 0.0667. The van der Waals surface area contributed by atoms with Gasteiger partial charge >= 0.3 is 0 Å². The molecule has 0 atom stereocenters. The molecule has 0 fully saturated rings. The van der Waals surface area contributed by atoms with E-state index in [2.05, 4.69) is 28.3 Å². The Morgan fingerprint density at radius 3 is 2.56 bits per heavy atom. The van der Waals surface area contributed by atoms with Gasteiger partial charge in [0.25, 0.3) is 0 Å². The number of nitrogens with zero attached hydrogens (tertiary/aromatic N) is 2. The predicted octanol–water partition coefficient (Wildman–Crippen LogP) is 3.68. The van der Waals surface area contributed by atoms with Crippen LogP contribution in [-0.4, -0.2) is 9.97 Å². The van der Waals surface area contributed by atoms with Crippen LogP contribution in [0.25, 0.3) is 10.9 Å². The fourth-order valence-corrected chi connectivity index (χ4v) is 1.95. The van der Waals surface area contributed by atoms with Gasteiger partial charge in [-0.1, -0.05) is 30.3 Å².